The molecule has 0 bridgehead atoms. The summed E-state index contributed by atoms with van der Waals surface area (Å²) in [5.74, 6) is 7.49. The van der Waals surface area contributed by atoms with Crippen molar-refractivity contribution < 1.29 is 4.42 Å². The van der Waals surface area contributed by atoms with Gasteiger partial charge in [0.2, 0.25) is 0 Å². The van der Waals surface area contributed by atoms with E-state index in [1.165, 1.54) is 0 Å². The number of hydrogen-bond donors (Lipinski definition) is 2. The first kappa shape index (κ1) is 12.8. The molecule has 1 unspecified atom stereocenters. The molecule has 0 radical (unpaired) electrons. The number of pyridine rings is 1. The molecule has 102 valence electrons. The van der Waals surface area contributed by atoms with Gasteiger partial charge in [0.15, 0.2) is 0 Å². The van der Waals surface area contributed by atoms with Crippen LogP contribution in [-0.4, -0.2) is 4.98 Å². The number of aryl methyl sites for hydroxylation is 2. The number of nitrogens with one attached hydrogen (secondary N) is 1. The van der Waals surface area contributed by atoms with Gasteiger partial charge in [-0.3, -0.25) is 10.8 Å². The molecule has 0 aliphatic carbocycles. The quantitative estimate of drug-likeness (QED) is 0.565. The number of fused-ring (bicyclic) bond motifs is 1. The predicted molar refractivity (Wildman–Crippen MR) is 79.1 cm³/mol. The van der Waals surface area contributed by atoms with Crippen LogP contribution in [0.25, 0.3) is 10.9 Å². The Bertz CT molecular complexity index is 748. The van der Waals surface area contributed by atoms with Crippen LogP contribution in [0.3, 0.4) is 0 Å². The zero-order valence-corrected chi connectivity index (χ0v) is 11.6. The number of rotatable bonds is 3. The number of nitrogens with zero attached hydrogens (tertiary/aromatic N) is 1. The van der Waals surface area contributed by atoms with Gasteiger partial charge in [0, 0.05) is 17.1 Å². The lowest BCUT2D eigenvalue weighted by Gasteiger charge is -2.16. The summed E-state index contributed by atoms with van der Waals surface area (Å²) in [6.45, 7) is 3.88. The lowest BCUT2D eigenvalue weighted by Crippen LogP contribution is -2.29. The van der Waals surface area contributed by atoms with Crippen LogP contribution in [0.4, 0.5) is 0 Å². The molecule has 1 atom stereocenters. The van der Waals surface area contributed by atoms with Gasteiger partial charge in [0.25, 0.3) is 0 Å². The zero-order valence-electron chi connectivity index (χ0n) is 11.6. The van der Waals surface area contributed by atoms with E-state index in [9.17, 15) is 0 Å². The molecule has 3 aromatic rings. The molecule has 0 saturated carbocycles. The van der Waals surface area contributed by atoms with Crippen molar-refractivity contribution in [2.75, 3.05) is 0 Å². The maximum atomic E-state index is 5.74. The monoisotopic (exact) mass is 267 g/mol. The number of aromatic nitrogens is 1. The molecule has 0 fully saturated rings. The number of furan rings is 1. The van der Waals surface area contributed by atoms with E-state index in [4.69, 9.17) is 10.3 Å². The lowest BCUT2D eigenvalue weighted by molar-refractivity contribution is 0.495. The van der Waals surface area contributed by atoms with Crippen LogP contribution in [0, 0.1) is 13.8 Å². The second-order valence-corrected chi connectivity index (χ2v) is 4.93. The topological polar surface area (TPSA) is 64.1 Å². The summed E-state index contributed by atoms with van der Waals surface area (Å²) >= 11 is 0. The van der Waals surface area contributed by atoms with Crippen LogP contribution in [0.2, 0.25) is 0 Å². The van der Waals surface area contributed by atoms with Crippen LogP contribution >= 0.6 is 0 Å². The summed E-state index contributed by atoms with van der Waals surface area (Å²) in [5.41, 5.74) is 5.90. The van der Waals surface area contributed by atoms with E-state index in [0.717, 1.165) is 33.6 Å². The smallest absolute Gasteiger partial charge is 0.106 e. The van der Waals surface area contributed by atoms with Crippen molar-refractivity contribution in [3.63, 3.8) is 0 Å². The maximum Gasteiger partial charge on any atom is 0.106 e. The second kappa shape index (κ2) is 5.07. The fraction of sp³-hybridized carbons (Fsp3) is 0.188. The van der Waals surface area contributed by atoms with E-state index in [-0.39, 0.29) is 6.04 Å². The van der Waals surface area contributed by atoms with Crippen molar-refractivity contribution >= 4 is 10.9 Å². The van der Waals surface area contributed by atoms with Crippen molar-refractivity contribution in [3.05, 3.63) is 65.2 Å². The van der Waals surface area contributed by atoms with E-state index in [0.29, 0.717) is 0 Å². The van der Waals surface area contributed by atoms with Gasteiger partial charge in [-0.1, -0.05) is 18.2 Å². The van der Waals surface area contributed by atoms with E-state index in [1.807, 2.05) is 50.4 Å². The highest BCUT2D eigenvalue weighted by atomic mass is 16.3. The Morgan fingerprint density at radius 1 is 1.20 bits per heavy atom. The molecule has 0 aliphatic rings. The van der Waals surface area contributed by atoms with Gasteiger partial charge in [0.1, 0.15) is 11.5 Å². The van der Waals surface area contributed by atoms with Crippen LogP contribution in [0.15, 0.2) is 47.0 Å². The Balaban J connectivity index is 2.09. The highest BCUT2D eigenvalue weighted by molar-refractivity contribution is 5.79. The summed E-state index contributed by atoms with van der Waals surface area (Å²) in [4.78, 5) is 4.49. The second-order valence-electron chi connectivity index (χ2n) is 4.93. The maximum absolute atomic E-state index is 5.74. The van der Waals surface area contributed by atoms with E-state index >= 15 is 0 Å². The third-order valence-corrected chi connectivity index (χ3v) is 3.50. The minimum absolute atomic E-state index is 0.121. The Morgan fingerprint density at radius 3 is 2.70 bits per heavy atom. The SMILES string of the molecule is Cc1cc(C(NN)c2cnc3ccccc3c2)c(C)o1. The summed E-state index contributed by atoms with van der Waals surface area (Å²) in [6, 6.07) is 12.0. The van der Waals surface area contributed by atoms with Crippen LogP contribution in [0.1, 0.15) is 28.7 Å². The average molecular weight is 267 g/mol. The number of benzene rings is 1. The Labute approximate surface area is 117 Å². The summed E-state index contributed by atoms with van der Waals surface area (Å²) in [7, 11) is 0. The van der Waals surface area contributed by atoms with E-state index < -0.39 is 0 Å². The standard InChI is InChI=1S/C16H17N3O/c1-10-7-14(11(2)20-10)16(19-17)13-8-12-5-3-4-6-15(12)18-9-13/h3-9,16,19H,17H2,1-2H3. The van der Waals surface area contributed by atoms with Crippen LogP contribution < -0.4 is 11.3 Å². The van der Waals surface area contributed by atoms with E-state index in [2.05, 4.69) is 16.5 Å². The van der Waals surface area contributed by atoms with Crippen LogP contribution in [-0.2, 0) is 0 Å². The zero-order chi connectivity index (χ0) is 14.1. The molecule has 0 aliphatic heterocycles. The highest BCUT2D eigenvalue weighted by Crippen LogP contribution is 2.28. The van der Waals surface area contributed by atoms with Crippen molar-refractivity contribution in [2.24, 2.45) is 5.84 Å². The first-order valence-electron chi connectivity index (χ1n) is 6.57. The van der Waals surface area contributed by atoms with Gasteiger partial charge in [0.05, 0.1) is 11.6 Å². The molecule has 0 amide bonds. The number of para-hydroxylation sites is 1. The highest BCUT2D eigenvalue weighted by Gasteiger charge is 2.18. The molecular weight excluding hydrogens is 250 g/mol. The fourth-order valence-corrected chi connectivity index (χ4v) is 2.55. The van der Waals surface area contributed by atoms with Gasteiger partial charge in [-0.2, -0.15) is 0 Å². The van der Waals surface area contributed by atoms with Crippen molar-refractivity contribution in [2.45, 2.75) is 19.9 Å². The molecule has 4 nitrogen and oxygen atoms in total. The van der Waals surface area contributed by atoms with Gasteiger partial charge in [-0.15, -0.1) is 0 Å². The first-order chi connectivity index (χ1) is 9.69. The first-order valence-corrected chi connectivity index (χ1v) is 6.57. The molecule has 2 aromatic heterocycles. The van der Waals surface area contributed by atoms with Crippen molar-refractivity contribution in [1.29, 1.82) is 0 Å². The third-order valence-electron chi connectivity index (χ3n) is 3.50. The van der Waals surface area contributed by atoms with Crippen LogP contribution in [0.5, 0.6) is 0 Å². The Hall–Kier alpha value is -2.17. The van der Waals surface area contributed by atoms with Gasteiger partial charge in [-0.25, -0.2) is 5.43 Å². The summed E-state index contributed by atoms with van der Waals surface area (Å²) in [6.07, 6.45) is 1.86. The van der Waals surface area contributed by atoms with Gasteiger partial charge < -0.3 is 4.42 Å². The number of nitrogens with two attached hydrogens (primary N) is 1. The molecule has 4 heteroatoms. The molecule has 20 heavy (non-hydrogen) atoms. The van der Waals surface area contributed by atoms with E-state index in [1.54, 1.807) is 0 Å². The lowest BCUT2D eigenvalue weighted by atomic mass is 10.00. The van der Waals surface area contributed by atoms with Gasteiger partial charge in [-0.05, 0) is 37.6 Å². The fourth-order valence-electron chi connectivity index (χ4n) is 2.55. The molecular formula is C16H17N3O. The molecule has 2 heterocycles. The van der Waals surface area contributed by atoms with Crippen molar-refractivity contribution in [3.8, 4) is 0 Å². The van der Waals surface area contributed by atoms with Gasteiger partial charge >= 0.3 is 0 Å². The predicted octanol–water partition coefficient (Wildman–Crippen LogP) is 3.00. The molecule has 3 N–H and O–H groups in total. The minimum Gasteiger partial charge on any atom is -0.466 e. The average Bonchev–Trinajstić information content (AvgIpc) is 2.78. The largest absolute Gasteiger partial charge is 0.466 e. The normalized spacial score (nSPS) is 12.8. The number of hydrogen-bond acceptors (Lipinski definition) is 4. The summed E-state index contributed by atoms with van der Waals surface area (Å²) in [5, 5.41) is 1.10. The molecule has 1 aromatic carbocycles. The van der Waals surface area contributed by atoms with Crippen molar-refractivity contribution in [1.82, 2.24) is 10.4 Å². The summed E-state index contributed by atoms with van der Waals surface area (Å²) < 4.78 is 5.59. The molecule has 0 saturated heterocycles. The minimum atomic E-state index is -0.121. The number of hydrazine groups is 1. The molecule has 0 spiro atoms. The molecule has 3 rings (SSSR count). The Morgan fingerprint density at radius 2 is 2.00 bits per heavy atom. The Kier molecular flexibility index (Phi) is 3.26. The third kappa shape index (κ3) is 2.19.